The second-order valence-electron chi connectivity index (χ2n) is 6.15. The number of hydrogen-bond donors (Lipinski definition) is 0. The van der Waals surface area contributed by atoms with Gasteiger partial charge < -0.3 is 4.90 Å². The summed E-state index contributed by atoms with van der Waals surface area (Å²) in [7, 11) is -1.39. The summed E-state index contributed by atoms with van der Waals surface area (Å²) < 4.78 is 25.7. The normalized spacial score (nSPS) is 30.9. The molecule has 1 aliphatic carbocycles. The van der Waals surface area contributed by atoms with E-state index in [0.29, 0.717) is 6.54 Å². The lowest BCUT2D eigenvalue weighted by atomic mass is 10.0. The largest absolute Gasteiger partial charge is 0.345 e. The van der Waals surface area contributed by atoms with Gasteiger partial charge in [0, 0.05) is 26.2 Å². The van der Waals surface area contributed by atoms with Gasteiger partial charge in [-0.15, -0.1) is 0 Å². The SMILES string of the molecule is CN1CCCCCCN(S(C)(=O)=O)C2CCCC2C1=O. The highest BCUT2D eigenvalue weighted by molar-refractivity contribution is 7.88. The van der Waals surface area contributed by atoms with Crippen LogP contribution in [0.5, 0.6) is 0 Å². The Morgan fingerprint density at radius 1 is 1.00 bits per heavy atom. The first kappa shape index (κ1) is 15.8. The maximum atomic E-state index is 12.5. The number of fused-ring (bicyclic) bond motifs is 1. The molecule has 1 aliphatic heterocycles. The van der Waals surface area contributed by atoms with Crippen LogP contribution in [0.4, 0.5) is 0 Å². The Labute approximate surface area is 122 Å². The molecule has 0 aromatic rings. The first-order valence-electron chi connectivity index (χ1n) is 7.63. The van der Waals surface area contributed by atoms with Crippen LogP contribution in [-0.2, 0) is 14.8 Å². The fourth-order valence-corrected chi connectivity index (χ4v) is 4.72. The van der Waals surface area contributed by atoms with Crippen molar-refractivity contribution in [2.45, 2.75) is 51.0 Å². The summed E-state index contributed by atoms with van der Waals surface area (Å²) in [5, 5.41) is 0. The van der Waals surface area contributed by atoms with Crippen molar-refractivity contribution >= 4 is 15.9 Å². The molecule has 2 unspecified atom stereocenters. The lowest BCUT2D eigenvalue weighted by Crippen LogP contribution is -2.47. The highest BCUT2D eigenvalue weighted by Gasteiger charge is 2.41. The molecule has 6 heteroatoms. The Balaban J connectivity index is 2.26. The topological polar surface area (TPSA) is 57.7 Å². The molecular weight excluding hydrogens is 276 g/mol. The number of nitrogens with zero attached hydrogens (tertiary/aromatic N) is 2. The highest BCUT2D eigenvalue weighted by atomic mass is 32.2. The van der Waals surface area contributed by atoms with E-state index in [1.165, 1.54) is 6.26 Å². The van der Waals surface area contributed by atoms with Crippen LogP contribution < -0.4 is 0 Å². The van der Waals surface area contributed by atoms with Crippen molar-refractivity contribution < 1.29 is 13.2 Å². The third-order valence-electron chi connectivity index (χ3n) is 4.59. The van der Waals surface area contributed by atoms with Gasteiger partial charge in [-0.2, -0.15) is 4.31 Å². The van der Waals surface area contributed by atoms with E-state index < -0.39 is 10.0 Å². The molecule has 0 bridgehead atoms. The quantitative estimate of drug-likeness (QED) is 0.736. The van der Waals surface area contributed by atoms with E-state index in [1.54, 1.807) is 9.21 Å². The number of sulfonamides is 1. The molecule has 2 rings (SSSR count). The van der Waals surface area contributed by atoms with Crippen LogP contribution in [0.15, 0.2) is 0 Å². The van der Waals surface area contributed by atoms with Crippen LogP contribution in [0.25, 0.3) is 0 Å². The average Bonchev–Trinajstić information content (AvgIpc) is 2.82. The third-order valence-corrected chi connectivity index (χ3v) is 5.90. The third kappa shape index (κ3) is 3.52. The van der Waals surface area contributed by atoms with E-state index in [4.69, 9.17) is 0 Å². The fraction of sp³-hybridized carbons (Fsp3) is 0.929. The summed E-state index contributed by atoms with van der Waals surface area (Å²) in [4.78, 5) is 14.3. The molecule has 1 heterocycles. The molecular formula is C14H26N2O3S. The molecule has 0 radical (unpaired) electrons. The minimum Gasteiger partial charge on any atom is -0.345 e. The van der Waals surface area contributed by atoms with E-state index in [2.05, 4.69) is 0 Å². The van der Waals surface area contributed by atoms with Gasteiger partial charge >= 0.3 is 0 Å². The van der Waals surface area contributed by atoms with Crippen LogP contribution in [0, 0.1) is 5.92 Å². The Bertz CT molecular complexity index is 449. The van der Waals surface area contributed by atoms with Crippen molar-refractivity contribution in [2.24, 2.45) is 5.92 Å². The molecule has 2 fully saturated rings. The van der Waals surface area contributed by atoms with Crippen LogP contribution >= 0.6 is 0 Å². The van der Waals surface area contributed by atoms with Gasteiger partial charge in [0.1, 0.15) is 0 Å². The lowest BCUT2D eigenvalue weighted by Gasteiger charge is -2.32. The number of hydrogen-bond acceptors (Lipinski definition) is 3. The van der Waals surface area contributed by atoms with Crippen molar-refractivity contribution in [3.63, 3.8) is 0 Å². The van der Waals surface area contributed by atoms with Crippen LogP contribution in [0.2, 0.25) is 0 Å². The first-order chi connectivity index (χ1) is 9.41. The van der Waals surface area contributed by atoms with Crippen molar-refractivity contribution in [1.82, 2.24) is 9.21 Å². The molecule has 1 amide bonds. The zero-order valence-corrected chi connectivity index (χ0v) is 13.4. The molecule has 1 saturated carbocycles. The zero-order valence-electron chi connectivity index (χ0n) is 12.5. The molecule has 0 aromatic heterocycles. The molecule has 0 aromatic carbocycles. The predicted molar refractivity (Wildman–Crippen MR) is 78.8 cm³/mol. The van der Waals surface area contributed by atoms with Crippen molar-refractivity contribution in [3.05, 3.63) is 0 Å². The predicted octanol–water partition coefficient (Wildman–Crippen LogP) is 1.45. The summed E-state index contributed by atoms with van der Waals surface area (Å²) in [6, 6.07) is -0.127. The summed E-state index contributed by atoms with van der Waals surface area (Å²) in [6.45, 7) is 1.36. The highest BCUT2D eigenvalue weighted by Crippen LogP contribution is 2.33. The first-order valence-corrected chi connectivity index (χ1v) is 9.48. The van der Waals surface area contributed by atoms with Gasteiger partial charge in [0.2, 0.25) is 15.9 Å². The monoisotopic (exact) mass is 302 g/mol. The Morgan fingerprint density at radius 2 is 1.65 bits per heavy atom. The van der Waals surface area contributed by atoms with E-state index in [-0.39, 0.29) is 17.9 Å². The summed E-state index contributed by atoms with van der Waals surface area (Å²) in [5.41, 5.74) is 0. The van der Waals surface area contributed by atoms with Gasteiger partial charge in [-0.3, -0.25) is 4.79 Å². The van der Waals surface area contributed by atoms with Crippen molar-refractivity contribution in [1.29, 1.82) is 0 Å². The minimum atomic E-state index is -3.24. The second kappa shape index (κ2) is 6.43. The van der Waals surface area contributed by atoms with E-state index in [0.717, 1.165) is 51.5 Å². The Hall–Kier alpha value is -0.620. The molecule has 20 heavy (non-hydrogen) atoms. The maximum Gasteiger partial charge on any atom is 0.227 e. The molecule has 2 atom stereocenters. The van der Waals surface area contributed by atoms with Crippen LogP contribution in [0.1, 0.15) is 44.9 Å². The van der Waals surface area contributed by atoms with E-state index >= 15 is 0 Å². The van der Waals surface area contributed by atoms with Gasteiger partial charge in [-0.25, -0.2) is 8.42 Å². The van der Waals surface area contributed by atoms with Gasteiger partial charge in [0.05, 0.1) is 12.2 Å². The summed E-state index contributed by atoms with van der Waals surface area (Å²) in [6.07, 6.45) is 7.86. The number of carbonyl (C=O) groups is 1. The van der Waals surface area contributed by atoms with Crippen molar-refractivity contribution in [2.75, 3.05) is 26.4 Å². The molecule has 0 N–H and O–H groups in total. The second-order valence-corrected chi connectivity index (χ2v) is 8.09. The zero-order chi connectivity index (χ0) is 14.8. The Morgan fingerprint density at radius 3 is 2.30 bits per heavy atom. The lowest BCUT2D eigenvalue weighted by molar-refractivity contribution is -0.135. The molecule has 1 saturated heterocycles. The molecule has 116 valence electrons. The van der Waals surface area contributed by atoms with Gasteiger partial charge in [-0.05, 0) is 25.7 Å². The maximum absolute atomic E-state index is 12.5. The Kier molecular flexibility index (Phi) is 5.07. The average molecular weight is 302 g/mol. The van der Waals surface area contributed by atoms with E-state index in [1.807, 2.05) is 7.05 Å². The molecule has 5 nitrogen and oxygen atoms in total. The van der Waals surface area contributed by atoms with Crippen molar-refractivity contribution in [3.8, 4) is 0 Å². The van der Waals surface area contributed by atoms with E-state index in [9.17, 15) is 13.2 Å². The number of carbonyl (C=O) groups excluding carboxylic acids is 1. The van der Waals surface area contributed by atoms with Crippen LogP contribution in [-0.4, -0.2) is 56.0 Å². The summed E-state index contributed by atoms with van der Waals surface area (Å²) in [5.74, 6) is -0.0177. The number of rotatable bonds is 1. The fourth-order valence-electron chi connectivity index (χ4n) is 3.51. The molecule has 2 aliphatic rings. The standard InChI is InChI=1S/C14H26N2O3S/c1-15-10-5-3-4-6-11-16(20(2,18)19)13-9-7-8-12(13)14(15)17/h12-13H,3-11H2,1-2H3. The van der Waals surface area contributed by atoms with Gasteiger partial charge in [0.25, 0.3) is 0 Å². The number of amides is 1. The summed E-state index contributed by atoms with van der Waals surface area (Å²) >= 11 is 0. The smallest absolute Gasteiger partial charge is 0.227 e. The minimum absolute atomic E-state index is 0.127. The van der Waals surface area contributed by atoms with Crippen LogP contribution in [0.3, 0.4) is 0 Å². The van der Waals surface area contributed by atoms with Gasteiger partial charge in [0.15, 0.2) is 0 Å². The van der Waals surface area contributed by atoms with Gasteiger partial charge in [-0.1, -0.05) is 19.3 Å². The molecule has 0 spiro atoms.